The summed E-state index contributed by atoms with van der Waals surface area (Å²) in [7, 11) is 0. The van der Waals surface area contributed by atoms with E-state index in [0.29, 0.717) is 0 Å². The first-order valence-electron chi connectivity index (χ1n) is 5.01. The van der Waals surface area contributed by atoms with Gasteiger partial charge in [-0.15, -0.1) is 0 Å². The van der Waals surface area contributed by atoms with E-state index < -0.39 is 0 Å². The maximum absolute atomic E-state index is 8.96. The smallest absolute Gasteiger partial charge is 0.0818 e. The van der Waals surface area contributed by atoms with Crippen LogP contribution in [-0.4, -0.2) is 48.0 Å². The van der Waals surface area contributed by atoms with Crippen LogP contribution in [0.3, 0.4) is 0 Å². The van der Waals surface area contributed by atoms with Crippen molar-refractivity contribution in [2.75, 3.05) is 26.3 Å². The Morgan fingerprint density at radius 1 is 1.38 bits per heavy atom. The Labute approximate surface area is 80.7 Å². The van der Waals surface area contributed by atoms with E-state index in [2.05, 4.69) is 25.7 Å². The van der Waals surface area contributed by atoms with Crippen LogP contribution in [0.25, 0.3) is 0 Å². The van der Waals surface area contributed by atoms with Gasteiger partial charge in [0, 0.05) is 18.6 Å². The Balaban J connectivity index is 2.45. The van der Waals surface area contributed by atoms with Crippen molar-refractivity contribution in [3.63, 3.8) is 0 Å². The Kier molecular flexibility index (Phi) is 3.71. The van der Waals surface area contributed by atoms with Crippen LogP contribution < -0.4 is 0 Å². The molecule has 1 saturated heterocycles. The van der Waals surface area contributed by atoms with Crippen molar-refractivity contribution in [3.05, 3.63) is 0 Å². The lowest BCUT2D eigenvalue weighted by atomic mass is 10.1. The van der Waals surface area contributed by atoms with E-state index in [9.17, 15) is 0 Å². The zero-order chi connectivity index (χ0) is 9.90. The minimum absolute atomic E-state index is 0.0485. The zero-order valence-electron chi connectivity index (χ0n) is 8.92. The average molecular weight is 187 g/mol. The highest BCUT2D eigenvalue weighted by Crippen LogP contribution is 2.16. The van der Waals surface area contributed by atoms with Gasteiger partial charge in [0.25, 0.3) is 0 Å². The van der Waals surface area contributed by atoms with E-state index in [0.717, 1.165) is 26.1 Å². The normalized spacial score (nSPS) is 27.2. The molecule has 0 aromatic rings. The molecular weight excluding hydrogens is 166 g/mol. The van der Waals surface area contributed by atoms with Gasteiger partial charge in [-0.2, -0.15) is 0 Å². The van der Waals surface area contributed by atoms with Gasteiger partial charge >= 0.3 is 0 Å². The highest BCUT2D eigenvalue weighted by molar-refractivity contribution is 4.79. The summed E-state index contributed by atoms with van der Waals surface area (Å²) in [5.74, 6) is 0. The summed E-state index contributed by atoms with van der Waals surface area (Å²) in [6.45, 7) is 9.53. The molecule has 1 heterocycles. The molecule has 0 aromatic carbocycles. The van der Waals surface area contributed by atoms with Crippen LogP contribution in [0.1, 0.15) is 27.2 Å². The Morgan fingerprint density at radius 2 is 2.08 bits per heavy atom. The molecule has 78 valence electrons. The van der Waals surface area contributed by atoms with Crippen molar-refractivity contribution in [2.45, 2.75) is 38.8 Å². The molecule has 0 amide bonds. The maximum Gasteiger partial charge on any atom is 0.0818 e. The third kappa shape index (κ3) is 3.25. The minimum Gasteiger partial charge on any atom is -0.394 e. The van der Waals surface area contributed by atoms with Crippen molar-refractivity contribution in [2.24, 2.45) is 0 Å². The van der Waals surface area contributed by atoms with E-state index in [1.54, 1.807) is 0 Å². The van der Waals surface area contributed by atoms with Crippen molar-refractivity contribution < 1.29 is 9.84 Å². The minimum atomic E-state index is 0.0485. The number of hydrogen-bond acceptors (Lipinski definition) is 3. The van der Waals surface area contributed by atoms with Crippen LogP contribution in [0.4, 0.5) is 0 Å². The molecule has 3 nitrogen and oxygen atoms in total. The molecule has 1 aliphatic heterocycles. The largest absolute Gasteiger partial charge is 0.394 e. The van der Waals surface area contributed by atoms with Gasteiger partial charge < -0.3 is 9.84 Å². The predicted molar refractivity (Wildman–Crippen MR) is 52.8 cm³/mol. The van der Waals surface area contributed by atoms with Gasteiger partial charge in [0.05, 0.1) is 19.3 Å². The molecule has 3 heteroatoms. The first-order chi connectivity index (χ1) is 6.04. The summed E-state index contributed by atoms with van der Waals surface area (Å²) in [5, 5.41) is 8.96. The Morgan fingerprint density at radius 3 is 2.62 bits per heavy atom. The quantitative estimate of drug-likeness (QED) is 0.661. The Bertz CT molecular complexity index is 153. The summed E-state index contributed by atoms with van der Waals surface area (Å²) in [6.07, 6.45) is 0.987. The third-order valence-electron chi connectivity index (χ3n) is 2.59. The fraction of sp³-hybridized carbons (Fsp3) is 1.00. The molecule has 1 aliphatic rings. The van der Waals surface area contributed by atoms with E-state index in [-0.39, 0.29) is 18.2 Å². The van der Waals surface area contributed by atoms with E-state index in [4.69, 9.17) is 9.84 Å². The van der Waals surface area contributed by atoms with Gasteiger partial charge in [-0.1, -0.05) is 0 Å². The lowest BCUT2D eigenvalue weighted by molar-refractivity contribution is 0.0196. The lowest BCUT2D eigenvalue weighted by Gasteiger charge is -2.34. The molecule has 0 aromatic heterocycles. The lowest BCUT2D eigenvalue weighted by Crippen LogP contribution is -2.42. The molecule has 1 unspecified atom stereocenters. The second-order valence-electron chi connectivity index (χ2n) is 4.62. The maximum atomic E-state index is 8.96. The average Bonchev–Trinajstić information content (AvgIpc) is 2.26. The van der Waals surface area contributed by atoms with Crippen molar-refractivity contribution in [3.8, 4) is 0 Å². The standard InChI is InChI=1S/C10H21NO2/c1-10(2,3)11-5-4-9(8-12)13-7-6-11/h9,12H,4-8H2,1-3H3. The van der Waals surface area contributed by atoms with Gasteiger partial charge in [0.2, 0.25) is 0 Å². The van der Waals surface area contributed by atoms with Crippen molar-refractivity contribution in [1.82, 2.24) is 4.90 Å². The van der Waals surface area contributed by atoms with Crippen LogP contribution in [0.15, 0.2) is 0 Å². The summed E-state index contributed by atoms with van der Waals surface area (Å²) in [5.41, 5.74) is 0.216. The number of rotatable bonds is 1. The predicted octanol–water partition coefficient (Wildman–Crippen LogP) is 0.868. The van der Waals surface area contributed by atoms with Crippen molar-refractivity contribution >= 4 is 0 Å². The van der Waals surface area contributed by atoms with Crippen molar-refractivity contribution in [1.29, 1.82) is 0 Å². The molecule has 0 aliphatic carbocycles. The van der Waals surface area contributed by atoms with E-state index in [1.807, 2.05) is 0 Å². The van der Waals surface area contributed by atoms with Crippen LogP contribution in [0.2, 0.25) is 0 Å². The summed E-state index contributed by atoms with van der Waals surface area (Å²) in [4.78, 5) is 2.41. The summed E-state index contributed by atoms with van der Waals surface area (Å²) >= 11 is 0. The molecule has 0 radical (unpaired) electrons. The molecule has 0 bridgehead atoms. The second kappa shape index (κ2) is 4.40. The number of ether oxygens (including phenoxy) is 1. The van der Waals surface area contributed by atoms with E-state index >= 15 is 0 Å². The number of nitrogens with zero attached hydrogens (tertiary/aromatic N) is 1. The second-order valence-corrected chi connectivity index (χ2v) is 4.62. The zero-order valence-corrected chi connectivity index (χ0v) is 8.92. The molecule has 1 fully saturated rings. The fourth-order valence-corrected chi connectivity index (χ4v) is 1.64. The molecule has 0 saturated carbocycles. The third-order valence-corrected chi connectivity index (χ3v) is 2.59. The van der Waals surface area contributed by atoms with Gasteiger partial charge in [-0.3, -0.25) is 4.90 Å². The van der Waals surface area contributed by atoms with Crippen LogP contribution in [0, 0.1) is 0 Å². The molecule has 13 heavy (non-hydrogen) atoms. The van der Waals surface area contributed by atoms with Gasteiger partial charge in [0.1, 0.15) is 0 Å². The summed E-state index contributed by atoms with van der Waals surface area (Å²) in [6, 6.07) is 0. The summed E-state index contributed by atoms with van der Waals surface area (Å²) < 4.78 is 5.49. The topological polar surface area (TPSA) is 32.7 Å². The Hall–Kier alpha value is -0.120. The number of aliphatic hydroxyl groups is 1. The molecule has 0 spiro atoms. The number of aliphatic hydroxyl groups excluding tert-OH is 1. The first kappa shape index (κ1) is 11.0. The fourth-order valence-electron chi connectivity index (χ4n) is 1.64. The first-order valence-corrected chi connectivity index (χ1v) is 5.01. The van der Waals surface area contributed by atoms with E-state index in [1.165, 1.54) is 0 Å². The molecule has 1 rings (SSSR count). The monoisotopic (exact) mass is 187 g/mol. The molecule has 1 atom stereocenters. The number of hydrogen-bond donors (Lipinski definition) is 1. The van der Waals surface area contributed by atoms with Gasteiger partial charge in [0.15, 0.2) is 0 Å². The molecular formula is C10H21NO2. The van der Waals surface area contributed by atoms with Crippen LogP contribution in [-0.2, 0) is 4.74 Å². The van der Waals surface area contributed by atoms with Gasteiger partial charge in [-0.25, -0.2) is 0 Å². The molecule has 1 N–H and O–H groups in total. The van der Waals surface area contributed by atoms with Gasteiger partial charge in [-0.05, 0) is 27.2 Å². The highest BCUT2D eigenvalue weighted by Gasteiger charge is 2.24. The SMILES string of the molecule is CC(C)(C)N1CCOC(CO)CC1. The van der Waals surface area contributed by atoms with Crippen LogP contribution in [0.5, 0.6) is 0 Å². The van der Waals surface area contributed by atoms with Crippen LogP contribution >= 0.6 is 0 Å². The highest BCUT2D eigenvalue weighted by atomic mass is 16.5.